The van der Waals surface area contributed by atoms with Crippen LogP contribution in [0.3, 0.4) is 0 Å². The normalized spacial score (nSPS) is 11.2. The molecular weight excluding hydrogens is 468 g/mol. The molecule has 32 heavy (non-hydrogen) atoms. The minimum atomic E-state index is -3.71. The summed E-state index contributed by atoms with van der Waals surface area (Å²) in [5, 5.41) is 12.4. The van der Waals surface area contributed by atoms with Gasteiger partial charge < -0.3 is 0 Å². The van der Waals surface area contributed by atoms with Crippen molar-refractivity contribution in [3.05, 3.63) is 88.9 Å². The first-order valence-corrected chi connectivity index (χ1v) is 12.1. The van der Waals surface area contributed by atoms with Gasteiger partial charge in [0, 0.05) is 21.8 Å². The van der Waals surface area contributed by atoms with Crippen molar-refractivity contribution in [2.75, 3.05) is 10.0 Å². The first kappa shape index (κ1) is 21.9. The molecular formula is C22H17ClN4O3S2. The van der Waals surface area contributed by atoms with Gasteiger partial charge in [0.25, 0.3) is 15.9 Å². The quantitative estimate of drug-likeness (QED) is 0.390. The van der Waals surface area contributed by atoms with Gasteiger partial charge in [0.05, 0.1) is 4.90 Å². The minimum absolute atomic E-state index is 0.165. The summed E-state index contributed by atoms with van der Waals surface area (Å²) in [5.74, 6) is -0.378. The number of benzene rings is 3. The first-order chi connectivity index (χ1) is 15.3. The number of halogens is 1. The SMILES string of the molecule is Cc1ccc(S(=O)(=O)Nc2ccc(C(=O)Nc3nnc(-c4ccc(Cl)cc4)s3)cc2)cc1. The number of nitrogens with zero attached hydrogens (tertiary/aromatic N) is 2. The van der Waals surface area contributed by atoms with E-state index in [9.17, 15) is 13.2 Å². The number of nitrogens with one attached hydrogen (secondary N) is 2. The minimum Gasteiger partial charge on any atom is -0.296 e. The molecule has 1 amide bonds. The summed E-state index contributed by atoms with van der Waals surface area (Å²) in [5.41, 5.74) is 2.52. The highest BCUT2D eigenvalue weighted by Crippen LogP contribution is 2.27. The van der Waals surface area contributed by atoms with Crippen LogP contribution in [0, 0.1) is 6.92 Å². The largest absolute Gasteiger partial charge is 0.296 e. The van der Waals surface area contributed by atoms with E-state index in [1.54, 1.807) is 36.4 Å². The molecule has 2 N–H and O–H groups in total. The summed E-state index contributed by atoms with van der Waals surface area (Å²) >= 11 is 7.13. The molecule has 0 bridgehead atoms. The van der Waals surface area contributed by atoms with Gasteiger partial charge in [-0.15, -0.1) is 10.2 Å². The Hall–Kier alpha value is -3.27. The fourth-order valence-corrected chi connectivity index (χ4v) is 4.70. The van der Waals surface area contributed by atoms with Crippen LogP contribution in [0.5, 0.6) is 0 Å². The summed E-state index contributed by atoms with van der Waals surface area (Å²) in [6.45, 7) is 1.88. The molecule has 3 aromatic carbocycles. The highest BCUT2D eigenvalue weighted by molar-refractivity contribution is 7.92. The van der Waals surface area contributed by atoms with Crippen LogP contribution in [-0.4, -0.2) is 24.5 Å². The molecule has 7 nitrogen and oxygen atoms in total. The second-order valence-electron chi connectivity index (χ2n) is 6.87. The summed E-state index contributed by atoms with van der Waals surface area (Å²) in [4.78, 5) is 12.7. The number of sulfonamides is 1. The van der Waals surface area contributed by atoms with Crippen molar-refractivity contribution < 1.29 is 13.2 Å². The second-order valence-corrected chi connectivity index (χ2v) is 9.97. The molecule has 0 aliphatic heterocycles. The van der Waals surface area contributed by atoms with Crippen LogP contribution in [-0.2, 0) is 10.0 Å². The van der Waals surface area contributed by atoms with Gasteiger partial charge in [0.1, 0.15) is 5.01 Å². The van der Waals surface area contributed by atoms with Gasteiger partial charge in [-0.25, -0.2) is 8.42 Å². The summed E-state index contributed by atoms with van der Waals surface area (Å²) in [6.07, 6.45) is 0. The van der Waals surface area contributed by atoms with Crippen LogP contribution in [0.15, 0.2) is 77.7 Å². The van der Waals surface area contributed by atoms with Crippen LogP contribution >= 0.6 is 22.9 Å². The van der Waals surface area contributed by atoms with Crippen LogP contribution in [0.4, 0.5) is 10.8 Å². The van der Waals surface area contributed by atoms with Gasteiger partial charge in [-0.2, -0.15) is 0 Å². The first-order valence-electron chi connectivity index (χ1n) is 9.40. The van der Waals surface area contributed by atoms with E-state index in [-0.39, 0.29) is 10.8 Å². The highest BCUT2D eigenvalue weighted by Gasteiger charge is 2.15. The Balaban J connectivity index is 1.42. The van der Waals surface area contributed by atoms with Gasteiger partial charge in [-0.3, -0.25) is 14.8 Å². The number of rotatable bonds is 6. The monoisotopic (exact) mass is 484 g/mol. The summed E-state index contributed by atoms with van der Waals surface area (Å²) in [6, 6.07) is 19.8. The van der Waals surface area contributed by atoms with Gasteiger partial charge in [-0.05, 0) is 55.5 Å². The van der Waals surface area contributed by atoms with E-state index in [0.717, 1.165) is 11.1 Å². The third-order valence-corrected chi connectivity index (χ3v) is 7.00. The standard InChI is InChI=1S/C22H17ClN4O3S2/c1-14-2-12-19(13-3-14)32(29,30)27-18-10-6-15(7-11-18)20(28)24-22-26-25-21(31-22)16-4-8-17(23)9-5-16/h2-13,27H,1H3,(H,24,26,28). The number of carbonyl (C=O) groups is 1. The van der Waals surface area contributed by atoms with E-state index in [1.807, 2.05) is 19.1 Å². The zero-order chi connectivity index (χ0) is 22.7. The molecule has 0 aliphatic carbocycles. The Morgan fingerprint density at radius 2 is 1.56 bits per heavy atom. The maximum Gasteiger partial charge on any atom is 0.261 e. The summed E-state index contributed by atoms with van der Waals surface area (Å²) < 4.78 is 27.5. The molecule has 0 radical (unpaired) electrons. The molecule has 0 saturated heterocycles. The number of hydrogen-bond donors (Lipinski definition) is 2. The molecule has 4 aromatic rings. The van der Waals surface area contributed by atoms with E-state index < -0.39 is 10.0 Å². The molecule has 162 valence electrons. The topological polar surface area (TPSA) is 101 Å². The Labute approximate surface area is 194 Å². The average molecular weight is 485 g/mol. The lowest BCUT2D eigenvalue weighted by Gasteiger charge is -2.09. The van der Waals surface area contributed by atoms with Crippen LogP contribution in [0.1, 0.15) is 15.9 Å². The molecule has 1 aromatic heterocycles. The Kier molecular flexibility index (Phi) is 6.22. The number of carbonyl (C=O) groups excluding carboxylic acids is 1. The van der Waals surface area contributed by atoms with Crippen molar-refractivity contribution in [1.82, 2.24) is 10.2 Å². The zero-order valence-electron chi connectivity index (χ0n) is 16.7. The third-order valence-electron chi connectivity index (χ3n) is 4.47. The zero-order valence-corrected chi connectivity index (χ0v) is 19.1. The Bertz CT molecular complexity index is 1350. The van der Waals surface area contributed by atoms with Crippen molar-refractivity contribution in [2.24, 2.45) is 0 Å². The van der Waals surface area contributed by atoms with E-state index in [0.29, 0.717) is 26.4 Å². The van der Waals surface area contributed by atoms with Gasteiger partial charge in [0.15, 0.2) is 0 Å². The van der Waals surface area contributed by atoms with Gasteiger partial charge >= 0.3 is 0 Å². The molecule has 10 heteroatoms. The lowest BCUT2D eigenvalue weighted by molar-refractivity contribution is 0.102. The van der Waals surface area contributed by atoms with Gasteiger partial charge in [0.2, 0.25) is 5.13 Å². The predicted molar refractivity (Wildman–Crippen MR) is 127 cm³/mol. The number of hydrogen-bond acceptors (Lipinski definition) is 6. The number of anilines is 2. The molecule has 0 unspecified atom stereocenters. The number of aromatic nitrogens is 2. The molecule has 4 rings (SSSR count). The Morgan fingerprint density at radius 1 is 0.906 bits per heavy atom. The van der Waals surface area contributed by atoms with Crippen molar-refractivity contribution in [1.29, 1.82) is 0 Å². The smallest absolute Gasteiger partial charge is 0.261 e. The lowest BCUT2D eigenvalue weighted by atomic mass is 10.2. The van der Waals surface area contributed by atoms with E-state index in [1.165, 1.54) is 35.6 Å². The third kappa shape index (κ3) is 5.13. The van der Waals surface area contributed by atoms with Crippen LogP contribution < -0.4 is 10.0 Å². The van der Waals surface area contributed by atoms with Crippen molar-refractivity contribution in [2.45, 2.75) is 11.8 Å². The fraction of sp³-hybridized carbons (Fsp3) is 0.0455. The molecule has 0 fully saturated rings. The van der Waals surface area contributed by atoms with E-state index in [4.69, 9.17) is 11.6 Å². The van der Waals surface area contributed by atoms with Crippen molar-refractivity contribution >= 4 is 49.7 Å². The molecule has 0 aliphatic rings. The van der Waals surface area contributed by atoms with E-state index >= 15 is 0 Å². The molecule has 0 atom stereocenters. The van der Waals surface area contributed by atoms with Gasteiger partial charge in [-0.1, -0.05) is 52.8 Å². The lowest BCUT2D eigenvalue weighted by Crippen LogP contribution is -2.14. The van der Waals surface area contributed by atoms with Crippen molar-refractivity contribution in [3.8, 4) is 10.6 Å². The number of amides is 1. The highest BCUT2D eigenvalue weighted by atomic mass is 35.5. The maximum atomic E-state index is 12.5. The average Bonchev–Trinajstić information content (AvgIpc) is 3.23. The summed E-state index contributed by atoms with van der Waals surface area (Å²) in [7, 11) is -3.71. The van der Waals surface area contributed by atoms with Crippen LogP contribution in [0.2, 0.25) is 5.02 Å². The predicted octanol–water partition coefficient (Wildman–Crippen LogP) is 5.22. The van der Waals surface area contributed by atoms with E-state index in [2.05, 4.69) is 20.2 Å². The van der Waals surface area contributed by atoms with Crippen LogP contribution in [0.25, 0.3) is 10.6 Å². The fourth-order valence-electron chi connectivity index (χ4n) is 2.77. The number of aryl methyl sites for hydroxylation is 1. The molecule has 0 saturated carbocycles. The molecule has 0 spiro atoms. The van der Waals surface area contributed by atoms with Crippen molar-refractivity contribution in [3.63, 3.8) is 0 Å². The maximum absolute atomic E-state index is 12.5. The molecule has 1 heterocycles. The second kappa shape index (κ2) is 9.07. The Morgan fingerprint density at radius 3 is 2.22 bits per heavy atom.